The molecule has 0 aromatic carbocycles. The third-order valence-electron chi connectivity index (χ3n) is 15.2. The van der Waals surface area contributed by atoms with E-state index in [0.29, 0.717) is 23.9 Å². The number of unbranched alkanes of at least 4 members (excludes halogenated alkanes) is 25. The number of aliphatic hydroxyl groups is 1. The first-order chi connectivity index (χ1) is 43.5. The minimum atomic E-state index is -4.63. The molecule has 0 spiro atoms. The number of hydrogen-bond acceptors (Lipinski definition) is 6. The molecular weight excluding hydrogens is 1120 g/mol. The Balaban J connectivity index is 4.23. The van der Waals surface area contributed by atoms with Crippen molar-refractivity contribution in [2.45, 2.75) is 289 Å². The zero-order valence-electron chi connectivity index (χ0n) is 57.8. The predicted molar refractivity (Wildman–Crippen MR) is 389 cm³/mol. The highest BCUT2D eigenvalue weighted by atomic mass is 31.2. The topological polar surface area (TPSA) is 108 Å². The number of phosphoric ester groups is 1. The molecule has 3 unspecified atom stereocenters. The van der Waals surface area contributed by atoms with Crippen LogP contribution in [0.3, 0.4) is 0 Å². The Bertz CT molecular complexity index is 2060. The first-order valence-corrected chi connectivity index (χ1v) is 37.5. The molecule has 0 heterocycles. The molecular formula is C80H135N2O6P. The maximum absolute atomic E-state index is 13.0. The third kappa shape index (κ3) is 71.2. The van der Waals surface area contributed by atoms with Crippen molar-refractivity contribution in [2.24, 2.45) is 0 Å². The van der Waals surface area contributed by atoms with Gasteiger partial charge in [-0.2, -0.15) is 0 Å². The number of carbonyl (C=O) groups excluding carboxylic acids is 1. The molecule has 8 nitrogen and oxygen atoms in total. The molecule has 1 amide bonds. The van der Waals surface area contributed by atoms with Crippen LogP contribution >= 0.6 is 7.82 Å². The van der Waals surface area contributed by atoms with Crippen LogP contribution < -0.4 is 10.2 Å². The van der Waals surface area contributed by atoms with Crippen molar-refractivity contribution >= 4 is 13.7 Å². The van der Waals surface area contributed by atoms with Gasteiger partial charge in [-0.1, -0.05) is 319 Å². The van der Waals surface area contributed by atoms with Crippen molar-refractivity contribution in [1.82, 2.24) is 5.32 Å². The van der Waals surface area contributed by atoms with Gasteiger partial charge >= 0.3 is 0 Å². The molecule has 0 aliphatic rings. The molecule has 0 fully saturated rings. The number of hydrogen-bond donors (Lipinski definition) is 2. The van der Waals surface area contributed by atoms with Gasteiger partial charge in [0.15, 0.2) is 0 Å². The van der Waals surface area contributed by atoms with Crippen LogP contribution in [0.1, 0.15) is 277 Å². The lowest BCUT2D eigenvalue weighted by atomic mass is 10.0. The second-order valence-electron chi connectivity index (χ2n) is 24.8. The number of amides is 1. The lowest BCUT2D eigenvalue weighted by Crippen LogP contribution is -2.45. The van der Waals surface area contributed by atoms with Crippen LogP contribution in [0.2, 0.25) is 0 Å². The standard InChI is InChI=1S/C80H135N2O6P/c1-6-8-10-12-14-16-18-20-22-24-26-28-30-32-34-35-36-37-38-39-40-41-42-43-44-45-46-47-48-50-52-54-56-58-60-62-64-66-68-70-72-74-80(84)81-78(77-88-89(85,86)87-76-75-82(3,4)5)79(83)73-71-69-67-65-63-61-59-57-55-53-51-49-33-31-29-27-25-23-21-19-17-15-13-11-9-7-2/h8,10,14,16,20,22,26,28,32,34,36-37,39-40,42-43,45-46,48,50,54,56,60,62-63,65,71,73,78-79,83H,6-7,9,11-13,15,17-19,21,23-25,27,29-31,33,35,38,41,44,47,49,51-53,55,57-59,61,64,66-70,72,74-77H2,1-5H3,(H-,81,84,85,86)/b10-8-,16-14-,22-20-,28-26-,34-32-,37-36-,40-39-,43-42-,46-45-,50-48-,56-54-,62-60-,65-63+,73-71+. The lowest BCUT2D eigenvalue weighted by molar-refractivity contribution is -0.870. The number of nitrogens with zero attached hydrogens (tertiary/aromatic N) is 1. The van der Waals surface area contributed by atoms with Gasteiger partial charge in [0, 0.05) is 6.42 Å². The van der Waals surface area contributed by atoms with E-state index in [-0.39, 0.29) is 12.5 Å². The summed E-state index contributed by atoms with van der Waals surface area (Å²) in [4.78, 5) is 25.6. The summed E-state index contributed by atoms with van der Waals surface area (Å²) in [6, 6.07) is -0.932. The van der Waals surface area contributed by atoms with E-state index in [9.17, 15) is 19.4 Å². The Kier molecular flexibility index (Phi) is 65.1. The van der Waals surface area contributed by atoms with Gasteiger partial charge in [0.05, 0.1) is 39.9 Å². The number of rotatable bonds is 64. The summed E-state index contributed by atoms with van der Waals surface area (Å²) in [5, 5.41) is 13.9. The third-order valence-corrected chi connectivity index (χ3v) is 16.1. The highest BCUT2D eigenvalue weighted by Crippen LogP contribution is 2.38. The summed E-state index contributed by atoms with van der Waals surface area (Å²) in [5.74, 6) is -0.236. The van der Waals surface area contributed by atoms with Gasteiger partial charge in [0.1, 0.15) is 13.2 Å². The smallest absolute Gasteiger partial charge is 0.268 e. The molecule has 0 saturated carbocycles. The van der Waals surface area contributed by atoms with Crippen molar-refractivity contribution in [2.75, 3.05) is 40.9 Å². The molecule has 3 atom stereocenters. The van der Waals surface area contributed by atoms with Crippen molar-refractivity contribution in [3.05, 3.63) is 170 Å². The first kappa shape index (κ1) is 84.9. The van der Waals surface area contributed by atoms with E-state index >= 15 is 0 Å². The normalized spacial score (nSPS) is 14.6. The Morgan fingerprint density at radius 1 is 0.404 bits per heavy atom. The monoisotopic (exact) mass is 1250 g/mol. The van der Waals surface area contributed by atoms with Crippen LogP contribution in [0.4, 0.5) is 0 Å². The highest BCUT2D eigenvalue weighted by Gasteiger charge is 2.23. The van der Waals surface area contributed by atoms with Crippen molar-refractivity contribution < 1.29 is 32.9 Å². The van der Waals surface area contributed by atoms with Crippen molar-refractivity contribution in [1.29, 1.82) is 0 Å². The van der Waals surface area contributed by atoms with Gasteiger partial charge in [-0.3, -0.25) is 9.36 Å². The average Bonchev–Trinajstić information content (AvgIpc) is 3.61. The summed E-state index contributed by atoms with van der Waals surface area (Å²) in [5.41, 5.74) is 0. The number of carbonyl (C=O) groups is 1. The maximum Gasteiger partial charge on any atom is 0.268 e. The van der Waals surface area contributed by atoms with Crippen LogP contribution in [-0.4, -0.2) is 68.5 Å². The lowest BCUT2D eigenvalue weighted by Gasteiger charge is -2.29. The quantitative estimate of drug-likeness (QED) is 0.0272. The molecule has 0 aliphatic carbocycles. The average molecular weight is 1250 g/mol. The Labute approximate surface area is 549 Å². The second-order valence-corrected chi connectivity index (χ2v) is 26.3. The molecule has 506 valence electrons. The zero-order chi connectivity index (χ0) is 64.8. The fourth-order valence-electron chi connectivity index (χ4n) is 9.62. The van der Waals surface area contributed by atoms with Crippen LogP contribution in [0.5, 0.6) is 0 Å². The van der Waals surface area contributed by atoms with E-state index in [0.717, 1.165) is 122 Å². The van der Waals surface area contributed by atoms with E-state index in [1.54, 1.807) is 6.08 Å². The minimum absolute atomic E-state index is 0.0204. The summed E-state index contributed by atoms with van der Waals surface area (Å²) in [7, 11) is 1.21. The van der Waals surface area contributed by atoms with Gasteiger partial charge in [-0.15, -0.1) is 0 Å². The van der Waals surface area contributed by atoms with E-state index < -0.39 is 26.6 Å². The number of aliphatic hydroxyl groups excluding tert-OH is 1. The van der Waals surface area contributed by atoms with Crippen LogP contribution in [0.25, 0.3) is 0 Å². The van der Waals surface area contributed by atoms with Crippen molar-refractivity contribution in [3.63, 3.8) is 0 Å². The van der Waals surface area contributed by atoms with E-state index in [1.165, 1.54) is 128 Å². The molecule has 0 rings (SSSR count). The van der Waals surface area contributed by atoms with E-state index in [4.69, 9.17) is 9.05 Å². The fourth-order valence-corrected chi connectivity index (χ4v) is 10.3. The van der Waals surface area contributed by atoms with Crippen LogP contribution in [0, 0.1) is 0 Å². The van der Waals surface area contributed by atoms with Gasteiger partial charge in [0.2, 0.25) is 5.91 Å². The molecule has 0 aliphatic heterocycles. The number of phosphoric acid groups is 1. The van der Waals surface area contributed by atoms with Crippen LogP contribution in [0.15, 0.2) is 170 Å². The largest absolute Gasteiger partial charge is 0.756 e. The summed E-state index contributed by atoms with van der Waals surface area (Å²) >= 11 is 0. The number of likely N-dealkylation sites (N-methyl/N-ethyl adjacent to an activating group) is 1. The van der Waals surface area contributed by atoms with Gasteiger partial charge in [-0.05, 0) is 122 Å². The Hall–Kier alpha value is -4.14. The Morgan fingerprint density at radius 2 is 0.697 bits per heavy atom. The SMILES string of the molecule is CC/C=C\C/C=C\C/C=C\C/C=C\C/C=C\C/C=C\C/C=C\C/C=C\C/C=C\C/C=C\C/C=C\C/C=C\CCCCCCC(=O)NC(COP(=O)([O-])OCC[N+](C)(C)C)C(O)/C=C/CC/C=C/CCCCCCCCCCCCCCCCCCCCCC. The summed E-state index contributed by atoms with van der Waals surface area (Å²) in [6.45, 7) is 4.50. The molecule has 2 N–H and O–H groups in total. The molecule has 0 saturated heterocycles. The first-order valence-electron chi connectivity index (χ1n) is 36.0. The van der Waals surface area contributed by atoms with Gasteiger partial charge < -0.3 is 28.8 Å². The molecule has 0 aromatic rings. The molecule has 0 bridgehead atoms. The second kappa shape index (κ2) is 68.2. The number of allylic oxidation sites excluding steroid dienone is 27. The summed E-state index contributed by atoms with van der Waals surface area (Å²) in [6.07, 6.45) is 108. The van der Waals surface area contributed by atoms with Crippen LogP contribution in [-0.2, 0) is 18.4 Å². The fraction of sp³-hybridized carbons (Fsp3) is 0.637. The maximum atomic E-state index is 13.0. The molecule has 0 radical (unpaired) electrons. The number of nitrogens with one attached hydrogen (secondary N) is 1. The van der Waals surface area contributed by atoms with Gasteiger partial charge in [-0.25, -0.2) is 0 Å². The van der Waals surface area contributed by atoms with Crippen molar-refractivity contribution in [3.8, 4) is 0 Å². The van der Waals surface area contributed by atoms with E-state index in [1.807, 2.05) is 27.2 Å². The van der Waals surface area contributed by atoms with E-state index in [2.05, 4.69) is 177 Å². The minimum Gasteiger partial charge on any atom is -0.756 e. The number of quaternary nitrogens is 1. The zero-order valence-corrected chi connectivity index (χ0v) is 58.7. The molecule has 0 aromatic heterocycles. The molecule has 89 heavy (non-hydrogen) atoms. The highest BCUT2D eigenvalue weighted by molar-refractivity contribution is 7.45. The Morgan fingerprint density at radius 3 is 1.04 bits per heavy atom. The predicted octanol–water partition coefficient (Wildman–Crippen LogP) is 22.9. The van der Waals surface area contributed by atoms with Gasteiger partial charge in [0.25, 0.3) is 7.82 Å². The molecule has 9 heteroatoms. The summed E-state index contributed by atoms with van der Waals surface area (Å²) < 4.78 is 23.4.